The Balaban J connectivity index is 1.47. The van der Waals surface area contributed by atoms with Gasteiger partial charge in [0.1, 0.15) is 0 Å². The van der Waals surface area contributed by atoms with E-state index in [0.29, 0.717) is 0 Å². The largest absolute Gasteiger partial charge is 0.384 e. The van der Waals surface area contributed by atoms with Crippen LogP contribution in [0.4, 0.5) is 11.4 Å². The van der Waals surface area contributed by atoms with Crippen LogP contribution in [0.2, 0.25) is 0 Å². The predicted octanol–water partition coefficient (Wildman–Crippen LogP) is 3.33. The van der Waals surface area contributed by atoms with E-state index in [0.717, 1.165) is 62.6 Å². The molecule has 7 nitrogen and oxygen atoms in total. The number of benzene rings is 1. The molecule has 0 radical (unpaired) electrons. The maximum absolute atomic E-state index is 12.3. The molecule has 0 unspecified atom stereocenters. The van der Waals surface area contributed by atoms with Gasteiger partial charge >= 0.3 is 0 Å². The Morgan fingerprint density at radius 2 is 1.78 bits per heavy atom. The minimum Gasteiger partial charge on any atom is -0.384 e. The summed E-state index contributed by atoms with van der Waals surface area (Å²) in [5, 5.41) is 11.3. The summed E-state index contributed by atoms with van der Waals surface area (Å²) in [4.78, 5) is 16.7. The highest BCUT2D eigenvalue weighted by molar-refractivity contribution is 5.81. The lowest BCUT2D eigenvalue weighted by Crippen LogP contribution is -2.50. The molecule has 170 valence electrons. The zero-order valence-electron chi connectivity index (χ0n) is 19.3. The van der Waals surface area contributed by atoms with Crippen LogP contribution in [0.1, 0.15) is 20.8 Å². The van der Waals surface area contributed by atoms with Crippen molar-refractivity contribution < 1.29 is 4.79 Å². The van der Waals surface area contributed by atoms with Crippen LogP contribution < -0.4 is 15.5 Å². The smallest absolute Gasteiger partial charge is 0.225 e. The summed E-state index contributed by atoms with van der Waals surface area (Å²) in [6.45, 7) is 12.1. The fourth-order valence-electron chi connectivity index (χ4n) is 4.21. The minimum atomic E-state index is 0.0527. The zero-order valence-corrected chi connectivity index (χ0v) is 19.3. The van der Waals surface area contributed by atoms with Gasteiger partial charge in [-0.2, -0.15) is 5.10 Å². The highest BCUT2D eigenvalue weighted by Gasteiger charge is 2.24. The highest BCUT2D eigenvalue weighted by Crippen LogP contribution is 2.29. The van der Waals surface area contributed by atoms with Crippen LogP contribution >= 0.6 is 0 Å². The lowest BCUT2D eigenvalue weighted by atomic mass is 10.1. The monoisotopic (exact) mass is 434 g/mol. The quantitative estimate of drug-likeness (QED) is 0.533. The molecule has 0 bridgehead atoms. The first-order valence-electron chi connectivity index (χ1n) is 11.6. The van der Waals surface area contributed by atoms with E-state index in [2.05, 4.69) is 70.2 Å². The number of nitrogens with zero attached hydrogens (tertiary/aromatic N) is 4. The zero-order chi connectivity index (χ0) is 22.5. The number of rotatable bonds is 8. The molecule has 1 aromatic carbocycles. The van der Waals surface area contributed by atoms with Gasteiger partial charge in [0, 0.05) is 68.8 Å². The molecule has 2 N–H and O–H groups in total. The first-order valence-corrected chi connectivity index (χ1v) is 11.6. The van der Waals surface area contributed by atoms with Crippen molar-refractivity contribution in [2.75, 3.05) is 56.0 Å². The number of hydrogen-bond acceptors (Lipinski definition) is 5. The number of carbonyl (C=O) groups is 1. The highest BCUT2D eigenvalue weighted by atomic mass is 16.2. The number of fused-ring (bicyclic) bond motifs is 1. The maximum atomic E-state index is 12.3. The third kappa shape index (κ3) is 4.88. The maximum Gasteiger partial charge on any atom is 0.225 e. The van der Waals surface area contributed by atoms with E-state index in [4.69, 9.17) is 0 Å². The second-order valence-corrected chi connectivity index (χ2v) is 8.60. The normalized spacial score (nSPS) is 14.4. The molecule has 0 saturated carbocycles. The number of aromatic nitrogens is 2. The standard InChI is InChI=1S/C25H34N6O/c1-4-26-11-12-27-22-7-5-20(6-8-22)21-17-24-23(9-10-28-31(24)18-21)29-13-15-30(16-14-29)25(32)19(2)3/h5-10,17-19,26-27H,4,11-16H2,1-3H3. The molecule has 0 atom stereocenters. The minimum absolute atomic E-state index is 0.0527. The molecule has 1 aliphatic heterocycles. The molecule has 4 rings (SSSR count). The molecule has 7 heteroatoms. The van der Waals surface area contributed by atoms with Crippen molar-refractivity contribution in [3.63, 3.8) is 0 Å². The number of nitrogens with one attached hydrogen (secondary N) is 2. The SMILES string of the molecule is CCNCCNc1ccc(-c2cc3c(N4CCN(C(=O)C(C)C)CC4)ccnn3c2)cc1. The van der Waals surface area contributed by atoms with E-state index in [9.17, 15) is 4.79 Å². The Hall–Kier alpha value is -3.06. The Morgan fingerprint density at radius 1 is 1.03 bits per heavy atom. The molecule has 32 heavy (non-hydrogen) atoms. The lowest BCUT2D eigenvalue weighted by molar-refractivity contribution is -0.134. The van der Waals surface area contributed by atoms with Crippen LogP contribution in [-0.2, 0) is 4.79 Å². The third-order valence-corrected chi connectivity index (χ3v) is 6.01. The van der Waals surface area contributed by atoms with Crippen LogP contribution in [0.25, 0.3) is 16.6 Å². The fourth-order valence-corrected chi connectivity index (χ4v) is 4.21. The number of likely N-dealkylation sites (N-methyl/N-ethyl adjacent to an activating group) is 1. The van der Waals surface area contributed by atoms with Gasteiger partial charge in [-0.1, -0.05) is 32.9 Å². The summed E-state index contributed by atoms with van der Waals surface area (Å²) in [6.07, 6.45) is 3.94. The molecule has 0 aliphatic carbocycles. The van der Waals surface area contributed by atoms with Gasteiger partial charge in [0.15, 0.2) is 0 Å². The average Bonchev–Trinajstić information content (AvgIpc) is 3.26. The van der Waals surface area contributed by atoms with Crippen molar-refractivity contribution >= 4 is 22.8 Å². The topological polar surface area (TPSA) is 64.9 Å². The van der Waals surface area contributed by atoms with Crippen molar-refractivity contribution in [3.05, 3.63) is 48.8 Å². The van der Waals surface area contributed by atoms with Crippen molar-refractivity contribution in [3.8, 4) is 11.1 Å². The summed E-state index contributed by atoms with van der Waals surface area (Å²) >= 11 is 0. The number of hydrogen-bond donors (Lipinski definition) is 2. The average molecular weight is 435 g/mol. The van der Waals surface area contributed by atoms with Crippen molar-refractivity contribution in [2.45, 2.75) is 20.8 Å². The van der Waals surface area contributed by atoms with Gasteiger partial charge in [-0.25, -0.2) is 4.52 Å². The van der Waals surface area contributed by atoms with Gasteiger partial charge in [0.05, 0.1) is 11.2 Å². The Kier molecular flexibility index (Phi) is 6.95. The number of carbonyl (C=O) groups excluding carboxylic acids is 1. The second-order valence-electron chi connectivity index (χ2n) is 8.60. The van der Waals surface area contributed by atoms with Gasteiger partial charge in [-0.3, -0.25) is 4.79 Å². The van der Waals surface area contributed by atoms with E-state index in [1.54, 1.807) is 0 Å². The van der Waals surface area contributed by atoms with E-state index >= 15 is 0 Å². The second kappa shape index (κ2) is 10.0. The Bertz CT molecular complexity index is 1030. The summed E-state index contributed by atoms with van der Waals surface area (Å²) in [5.74, 6) is 0.297. The summed E-state index contributed by atoms with van der Waals surface area (Å²) in [7, 11) is 0. The van der Waals surface area contributed by atoms with Gasteiger partial charge in [0.2, 0.25) is 5.91 Å². The summed E-state index contributed by atoms with van der Waals surface area (Å²) in [6, 6.07) is 12.9. The summed E-state index contributed by atoms with van der Waals surface area (Å²) in [5.41, 5.74) is 5.72. The lowest BCUT2D eigenvalue weighted by Gasteiger charge is -2.37. The molecule has 1 aliphatic rings. The third-order valence-electron chi connectivity index (χ3n) is 6.01. The van der Waals surface area contributed by atoms with Crippen LogP contribution in [0.15, 0.2) is 48.8 Å². The molecule has 1 saturated heterocycles. The molecule has 1 amide bonds. The van der Waals surface area contributed by atoms with Gasteiger partial charge in [0.25, 0.3) is 0 Å². The molecule has 0 spiro atoms. The van der Waals surface area contributed by atoms with E-state index in [1.807, 2.05) is 29.5 Å². The molecule has 2 aromatic heterocycles. The van der Waals surface area contributed by atoms with Crippen molar-refractivity contribution in [1.29, 1.82) is 0 Å². The number of amides is 1. The predicted molar refractivity (Wildman–Crippen MR) is 131 cm³/mol. The first-order chi connectivity index (χ1) is 15.6. The number of piperazine rings is 1. The number of anilines is 2. The molecule has 3 aromatic rings. The Labute approximate surface area is 190 Å². The molecule has 3 heterocycles. The van der Waals surface area contributed by atoms with Crippen LogP contribution in [-0.4, -0.2) is 66.2 Å². The molecule has 1 fully saturated rings. The van der Waals surface area contributed by atoms with Gasteiger partial charge < -0.3 is 20.4 Å². The van der Waals surface area contributed by atoms with Crippen LogP contribution in [0.3, 0.4) is 0 Å². The Morgan fingerprint density at radius 3 is 2.47 bits per heavy atom. The van der Waals surface area contributed by atoms with Crippen LogP contribution in [0.5, 0.6) is 0 Å². The van der Waals surface area contributed by atoms with E-state index in [-0.39, 0.29) is 11.8 Å². The van der Waals surface area contributed by atoms with E-state index in [1.165, 1.54) is 11.3 Å². The fraction of sp³-hybridized carbons (Fsp3) is 0.440. The van der Waals surface area contributed by atoms with Crippen LogP contribution in [0, 0.1) is 5.92 Å². The molecular weight excluding hydrogens is 400 g/mol. The van der Waals surface area contributed by atoms with Gasteiger partial charge in [-0.05, 0) is 36.4 Å². The summed E-state index contributed by atoms with van der Waals surface area (Å²) < 4.78 is 1.96. The van der Waals surface area contributed by atoms with Crippen molar-refractivity contribution in [1.82, 2.24) is 19.8 Å². The molecular formula is C25H34N6O. The van der Waals surface area contributed by atoms with E-state index < -0.39 is 0 Å². The van der Waals surface area contributed by atoms with Gasteiger partial charge in [-0.15, -0.1) is 0 Å². The van der Waals surface area contributed by atoms with Crippen molar-refractivity contribution in [2.24, 2.45) is 5.92 Å². The first kappa shape index (κ1) is 22.1.